The Morgan fingerprint density at radius 3 is 1.73 bits per heavy atom. The van der Waals surface area contributed by atoms with Crippen molar-refractivity contribution in [3.63, 3.8) is 0 Å². The van der Waals surface area contributed by atoms with Crippen molar-refractivity contribution in [3.8, 4) is 11.4 Å². The average Bonchev–Trinajstić information content (AvgIpc) is 3.26. The van der Waals surface area contributed by atoms with Gasteiger partial charge in [0.15, 0.2) is 0 Å². The number of rotatable bonds is 19. The van der Waals surface area contributed by atoms with Gasteiger partial charge in [0.2, 0.25) is 0 Å². The first-order valence-electron chi connectivity index (χ1n) is 14.5. The van der Waals surface area contributed by atoms with Crippen LogP contribution in [0, 0.1) is 0 Å². The smallest absolute Gasteiger partial charge is 0.294 e. The van der Waals surface area contributed by atoms with Gasteiger partial charge in [0.25, 0.3) is 10.1 Å². The van der Waals surface area contributed by atoms with Gasteiger partial charge in [-0.2, -0.15) is 8.42 Å². The quantitative estimate of drug-likeness (QED) is 0.125. The first-order chi connectivity index (χ1) is 18.0. The van der Waals surface area contributed by atoms with Gasteiger partial charge < -0.3 is 4.57 Å². The number of aromatic nitrogens is 2. The molecule has 0 amide bonds. The lowest BCUT2D eigenvalue weighted by Crippen LogP contribution is -2.01. The van der Waals surface area contributed by atoms with Gasteiger partial charge in [-0.3, -0.25) is 4.55 Å². The fraction of sp³-hybridized carbons (Fsp3) is 0.581. The van der Waals surface area contributed by atoms with Crippen LogP contribution >= 0.6 is 0 Å². The van der Waals surface area contributed by atoms with Gasteiger partial charge >= 0.3 is 0 Å². The highest BCUT2D eigenvalue weighted by molar-refractivity contribution is 7.85. The summed E-state index contributed by atoms with van der Waals surface area (Å²) in [6, 6.07) is 14.7. The van der Waals surface area contributed by atoms with Crippen LogP contribution in [0.3, 0.4) is 0 Å². The van der Waals surface area contributed by atoms with E-state index in [9.17, 15) is 13.0 Å². The van der Waals surface area contributed by atoms with Crippen LogP contribution in [0.2, 0.25) is 0 Å². The molecule has 0 unspecified atom stereocenters. The maximum Gasteiger partial charge on any atom is 0.294 e. The number of imidazole rings is 1. The van der Waals surface area contributed by atoms with E-state index in [1.807, 2.05) is 30.3 Å². The van der Waals surface area contributed by atoms with Crippen molar-refractivity contribution in [2.45, 2.75) is 121 Å². The second-order valence-corrected chi connectivity index (χ2v) is 11.8. The van der Waals surface area contributed by atoms with E-state index < -0.39 is 10.1 Å². The Kier molecular flexibility index (Phi) is 12.6. The van der Waals surface area contributed by atoms with Crippen LogP contribution in [0.25, 0.3) is 22.4 Å². The second kappa shape index (κ2) is 15.9. The van der Waals surface area contributed by atoms with Gasteiger partial charge in [0, 0.05) is 12.1 Å². The van der Waals surface area contributed by atoms with Gasteiger partial charge in [-0.25, -0.2) is 4.98 Å². The van der Waals surface area contributed by atoms with Gasteiger partial charge in [0.1, 0.15) is 5.82 Å². The average molecular weight is 527 g/mol. The number of hydrogen-bond donors (Lipinski definition) is 1. The summed E-state index contributed by atoms with van der Waals surface area (Å²) in [5, 5.41) is 0. The van der Waals surface area contributed by atoms with Gasteiger partial charge in [-0.15, -0.1) is 0 Å². The summed E-state index contributed by atoms with van der Waals surface area (Å²) in [5.41, 5.74) is 2.49. The molecule has 0 aliphatic rings. The predicted octanol–water partition coefficient (Wildman–Crippen LogP) is 9.21. The maximum absolute atomic E-state index is 11.6. The molecular formula is C31H46N2O3S. The molecule has 6 heteroatoms. The first kappa shape index (κ1) is 29.4. The molecule has 0 saturated carbocycles. The molecule has 5 nitrogen and oxygen atoms in total. The van der Waals surface area contributed by atoms with E-state index in [0.29, 0.717) is 5.52 Å². The lowest BCUT2D eigenvalue weighted by atomic mass is 10.0. The van der Waals surface area contributed by atoms with Crippen molar-refractivity contribution in [1.82, 2.24) is 9.55 Å². The predicted molar refractivity (Wildman–Crippen MR) is 155 cm³/mol. The molecule has 0 atom stereocenters. The van der Waals surface area contributed by atoms with Gasteiger partial charge in [-0.05, 0) is 24.6 Å². The fourth-order valence-electron chi connectivity index (χ4n) is 5.12. The van der Waals surface area contributed by atoms with Crippen LogP contribution in [-0.2, 0) is 16.7 Å². The zero-order valence-corrected chi connectivity index (χ0v) is 23.5. The number of nitrogens with zero attached hydrogens (tertiary/aromatic N) is 2. The lowest BCUT2D eigenvalue weighted by Gasteiger charge is -2.10. The second-order valence-electron chi connectivity index (χ2n) is 10.4. The summed E-state index contributed by atoms with van der Waals surface area (Å²) in [6.07, 6.45) is 21.5. The van der Waals surface area contributed by atoms with E-state index in [4.69, 9.17) is 4.98 Å². The molecule has 0 aliphatic carbocycles. The van der Waals surface area contributed by atoms with Crippen LogP contribution < -0.4 is 0 Å². The molecule has 1 heterocycles. The molecular weight excluding hydrogens is 480 g/mol. The van der Waals surface area contributed by atoms with Crippen LogP contribution in [0.1, 0.15) is 110 Å². The third-order valence-electron chi connectivity index (χ3n) is 7.28. The highest BCUT2D eigenvalue weighted by Crippen LogP contribution is 2.27. The molecule has 1 N–H and O–H groups in total. The normalized spacial score (nSPS) is 11.9. The summed E-state index contributed by atoms with van der Waals surface area (Å²) in [4.78, 5) is 4.62. The Morgan fingerprint density at radius 2 is 1.22 bits per heavy atom. The van der Waals surface area contributed by atoms with Gasteiger partial charge in [-0.1, -0.05) is 134 Å². The molecule has 0 radical (unpaired) electrons. The Bertz CT molecular complexity index is 1160. The zero-order valence-electron chi connectivity index (χ0n) is 22.7. The van der Waals surface area contributed by atoms with E-state index in [-0.39, 0.29) is 4.90 Å². The largest absolute Gasteiger partial charge is 0.324 e. The molecule has 204 valence electrons. The van der Waals surface area contributed by atoms with Crippen LogP contribution in [0.5, 0.6) is 0 Å². The monoisotopic (exact) mass is 526 g/mol. The van der Waals surface area contributed by atoms with Crippen molar-refractivity contribution in [2.24, 2.45) is 0 Å². The molecule has 0 aliphatic heterocycles. The minimum Gasteiger partial charge on any atom is -0.324 e. The first-order valence-corrected chi connectivity index (χ1v) is 16.0. The molecule has 0 saturated heterocycles. The summed E-state index contributed by atoms with van der Waals surface area (Å²) >= 11 is 0. The lowest BCUT2D eigenvalue weighted by molar-refractivity contribution is 0.483. The van der Waals surface area contributed by atoms with Crippen molar-refractivity contribution in [1.29, 1.82) is 0 Å². The molecule has 3 rings (SSSR count). The zero-order chi connectivity index (χ0) is 26.3. The third kappa shape index (κ3) is 9.90. The highest BCUT2D eigenvalue weighted by atomic mass is 32.2. The van der Waals surface area contributed by atoms with Crippen molar-refractivity contribution in [3.05, 3.63) is 48.5 Å². The Morgan fingerprint density at radius 1 is 0.703 bits per heavy atom. The molecule has 37 heavy (non-hydrogen) atoms. The molecule has 3 aromatic rings. The molecule has 0 bridgehead atoms. The van der Waals surface area contributed by atoms with Gasteiger partial charge in [0.05, 0.1) is 15.9 Å². The standard InChI is InChI=1S/C31H46N2O3S/c1-2-3-4-5-6-7-8-9-10-11-12-13-14-15-16-20-25-33-30-24-23-28(37(34,35)36)26-29(30)32-31(33)27-21-18-17-19-22-27/h17-19,21-24,26H,2-16,20,25H2,1H3,(H,34,35,36). The summed E-state index contributed by atoms with van der Waals surface area (Å²) in [7, 11) is -4.26. The summed E-state index contributed by atoms with van der Waals surface area (Å²) in [5.74, 6) is 0.837. The topological polar surface area (TPSA) is 72.2 Å². The maximum atomic E-state index is 11.6. The van der Waals surface area contributed by atoms with Crippen LogP contribution in [0.4, 0.5) is 0 Å². The number of fused-ring (bicyclic) bond motifs is 1. The third-order valence-corrected chi connectivity index (χ3v) is 8.13. The Balaban J connectivity index is 1.38. The number of hydrogen-bond acceptors (Lipinski definition) is 3. The minimum atomic E-state index is -4.26. The number of aryl methyl sites for hydroxylation is 1. The molecule has 1 aromatic heterocycles. The minimum absolute atomic E-state index is 0.119. The van der Waals surface area contributed by atoms with E-state index in [1.54, 1.807) is 6.07 Å². The van der Waals surface area contributed by atoms with Crippen molar-refractivity contribution < 1.29 is 13.0 Å². The summed E-state index contributed by atoms with van der Waals surface area (Å²) in [6.45, 7) is 3.11. The summed E-state index contributed by atoms with van der Waals surface area (Å²) < 4.78 is 34.8. The molecule has 2 aromatic carbocycles. The Hall–Kier alpha value is -2.18. The molecule has 0 fully saturated rings. The van der Waals surface area contributed by atoms with E-state index in [2.05, 4.69) is 11.5 Å². The Labute approximate surface area is 224 Å². The van der Waals surface area contributed by atoms with Crippen LogP contribution in [0.15, 0.2) is 53.4 Å². The molecule has 0 spiro atoms. The van der Waals surface area contributed by atoms with E-state index >= 15 is 0 Å². The van der Waals surface area contributed by atoms with Crippen molar-refractivity contribution >= 4 is 21.2 Å². The highest BCUT2D eigenvalue weighted by Gasteiger charge is 2.16. The van der Waals surface area contributed by atoms with Crippen LogP contribution in [-0.4, -0.2) is 22.5 Å². The van der Waals surface area contributed by atoms with Crippen molar-refractivity contribution in [2.75, 3.05) is 0 Å². The van der Waals surface area contributed by atoms with E-state index in [1.165, 1.54) is 108 Å². The number of unbranched alkanes of at least 4 members (excludes halogenated alkanes) is 15. The van der Waals surface area contributed by atoms with E-state index in [0.717, 1.165) is 29.9 Å². The number of benzene rings is 2. The fourth-order valence-corrected chi connectivity index (χ4v) is 5.62. The SMILES string of the molecule is CCCCCCCCCCCCCCCCCCn1c(-c2ccccc2)nc2cc(S(=O)(=O)O)ccc21.